The molecule has 7 nitrogen and oxygen atoms in total. The maximum Gasteiger partial charge on any atom is 0.271 e. The van der Waals surface area contributed by atoms with E-state index < -0.39 is 4.92 Å². The molecular formula is C12H14N4O3. The van der Waals surface area contributed by atoms with E-state index in [0.717, 1.165) is 19.5 Å². The number of hydrogen-bond acceptors (Lipinski definition) is 5. The normalized spacial score (nSPS) is 19.2. The molecule has 0 spiro atoms. The van der Waals surface area contributed by atoms with Crippen molar-refractivity contribution in [3.05, 3.63) is 28.3 Å². The first-order chi connectivity index (χ1) is 9.17. The highest BCUT2D eigenvalue weighted by atomic mass is 16.6. The molecule has 2 N–H and O–H groups in total. The Bertz CT molecular complexity index is 624. The first-order valence-electron chi connectivity index (χ1n) is 6.17. The van der Waals surface area contributed by atoms with Crippen molar-refractivity contribution in [2.75, 3.05) is 24.6 Å². The highest BCUT2D eigenvalue weighted by Gasteiger charge is 2.24. The Kier molecular flexibility index (Phi) is 2.83. The van der Waals surface area contributed by atoms with Gasteiger partial charge < -0.3 is 15.0 Å². The van der Waals surface area contributed by atoms with Crippen molar-refractivity contribution in [1.82, 2.24) is 9.97 Å². The van der Waals surface area contributed by atoms with Crippen molar-refractivity contribution < 1.29 is 10.0 Å². The predicted octanol–water partition coefficient (Wildman–Crippen LogP) is 1.29. The molecule has 1 fully saturated rings. The Hall–Kier alpha value is -2.15. The van der Waals surface area contributed by atoms with E-state index in [-0.39, 0.29) is 18.2 Å². The number of aliphatic hydroxyl groups excluding tert-OH is 1. The zero-order valence-electron chi connectivity index (χ0n) is 10.2. The van der Waals surface area contributed by atoms with E-state index in [9.17, 15) is 10.1 Å². The van der Waals surface area contributed by atoms with E-state index in [1.54, 1.807) is 6.07 Å². The summed E-state index contributed by atoms with van der Waals surface area (Å²) in [6.07, 6.45) is 0.938. The van der Waals surface area contributed by atoms with Crippen molar-refractivity contribution in [3.8, 4) is 0 Å². The summed E-state index contributed by atoms with van der Waals surface area (Å²) in [5.74, 6) is 0.994. The zero-order valence-corrected chi connectivity index (χ0v) is 10.2. The number of aliphatic hydroxyl groups is 1. The second-order valence-corrected chi connectivity index (χ2v) is 4.80. The third-order valence-electron chi connectivity index (χ3n) is 3.51. The van der Waals surface area contributed by atoms with Crippen molar-refractivity contribution in [3.63, 3.8) is 0 Å². The van der Waals surface area contributed by atoms with Crippen LogP contribution in [-0.4, -0.2) is 39.7 Å². The zero-order chi connectivity index (χ0) is 13.4. The average Bonchev–Trinajstić information content (AvgIpc) is 3.03. The van der Waals surface area contributed by atoms with Crippen LogP contribution in [0.5, 0.6) is 0 Å². The summed E-state index contributed by atoms with van der Waals surface area (Å²) < 4.78 is 0. The van der Waals surface area contributed by atoms with Crippen LogP contribution < -0.4 is 4.90 Å². The van der Waals surface area contributed by atoms with Gasteiger partial charge >= 0.3 is 0 Å². The number of fused-ring (bicyclic) bond motifs is 1. The lowest BCUT2D eigenvalue weighted by Crippen LogP contribution is -2.21. The summed E-state index contributed by atoms with van der Waals surface area (Å²) in [5, 5.41) is 19.9. The topological polar surface area (TPSA) is 95.3 Å². The summed E-state index contributed by atoms with van der Waals surface area (Å²) in [5.41, 5.74) is 1.43. The van der Waals surface area contributed by atoms with Crippen molar-refractivity contribution in [2.45, 2.75) is 6.42 Å². The van der Waals surface area contributed by atoms with Gasteiger partial charge in [-0.2, -0.15) is 0 Å². The van der Waals surface area contributed by atoms with Crippen molar-refractivity contribution in [2.24, 2.45) is 5.92 Å². The fourth-order valence-electron chi connectivity index (χ4n) is 2.42. The molecule has 1 saturated heterocycles. The standard InChI is InChI=1S/C12H14N4O3/c17-7-8-3-4-15(6-8)12-13-10-2-1-9(16(18)19)5-11(10)14-12/h1-2,5,8,17H,3-4,6-7H2,(H,13,14). The summed E-state index contributed by atoms with van der Waals surface area (Å²) in [7, 11) is 0. The van der Waals surface area contributed by atoms with Crippen LogP contribution in [0.4, 0.5) is 11.6 Å². The number of H-pyrrole nitrogens is 1. The van der Waals surface area contributed by atoms with Crippen LogP contribution in [0.25, 0.3) is 11.0 Å². The first kappa shape index (κ1) is 11.9. The monoisotopic (exact) mass is 262 g/mol. The van der Waals surface area contributed by atoms with Gasteiger partial charge in [0.2, 0.25) is 5.95 Å². The van der Waals surface area contributed by atoms with Gasteiger partial charge in [0.05, 0.1) is 16.0 Å². The molecule has 3 rings (SSSR count). The lowest BCUT2D eigenvalue weighted by Gasteiger charge is -2.13. The van der Waals surface area contributed by atoms with Crippen LogP contribution in [0.2, 0.25) is 0 Å². The molecule has 2 heterocycles. The number of aromatic nitrogens is 2. The van der Waals surface area contributed by atoms with Gasteiger partial charge in [-0.15, -0.1) is 0 Å². The first-order valence-corrected chi connectivity index (χ1v) is 6.17. The number of anilines is 1. The molecule has 1 aromatic heterocycles. The summed E-state index contributed by atoms with van der Waals surface area (Å²) in [6.45, 7) is 1.79. The molecule has 0 radical (unpaired) electrons. The minimum absolute atomic E-state index is 0.0531. The highest BCUT2D eigenvalue weighted by molar-refractivity contribution is 5.80. The SMILES string of the molecule is O=[N+]([O-])c1ccc2nc(N3CCC(CO)C3)[nH]c2c1. The van der Waals surface area contributed by atoms with E-state index in [1.165, 1.54) is 12.1 Å². The maximum absolute atomic E-state index is 10.7. The molecule has 0 saturated carbocycles. The highest BCUT2D eigenvalue weighted by Crippen LogP contribution is 2.25. The van der Waals surface area contributed by atoms with Gasteiger partial charge in [-0.05, 0) is 12.5 Å². The third-order valence-corrected chi connectivity index (χ3v) is 3.51. The molecule has 100 valence electrons. The number of benzene rings is 1. The Morgan fingerprint density at radius 2 is 2.42 bits per heavy atom. The van der Waals surface area contributed by atoms with E-state index in [4.69, 9.17) is 5.11 Å². The number of rotatable bonds is 3. The Balaban J connectivity index is 1.91. The maximum atomic E-state index is 10.7. The van der Waals surface area contributed by atoms with Crippen LogP contribution >= 0.6 is 0 Å². The molecule has 1 unspecified atom stereocenters. The molecule has 0 bridgehead atoms. The third kappa shape index (κ3) is 2.12. The smallest absolute Gasteiger partial charge is 0.271 e. The van der Waals surface area contributed by atoms with Gasteiger partial charge in [0, 0.05) is 37.7 Å². The van der Waals surface area contributed by atoms with Gasteiger partial charge in [-0.1, -0.05) is 0 Å². The van der Waals surface area contributed by atoms with Crippen LogP contribution in [0.3, 0.4) is 0 Å². The molecular weight excluding hydrogens is 248 g/mol. The molecule has 1 aliphatic heterocycles. The fraction of sp³-hybridized carbons (Fsp3) is 0.417. The fourth-order valence-corrected chi connectivity index (χ4v) is 2.42. The lowest BCUT2D eigenvalue weighted by atomic mass is 10.1. The summed E-state index contributed by atoms with van der Waals surface area (Å²) >= 11 is 0. The number of hydrogen-bond donors (Lipinski definition) is 2. The molecule has 0 aliphatic carbocycles. The number of nitrogens with one attached hydrogen (secondary N) is 1. The van der Waals surface area contributed by atoms with E-state index in [0.29, 0.717) is 17.0 Å². The minimum atomic E-state index is -0.419. The Morgan fingerprint density at radius 1 is 1.58 bits per heavy atom. The predicted molar refractivity (Wildman–Crippen MR) is 70.2 cm³/mol. The van der Waals surface area contributed by atoms with Gasteiger partial charge in [0.1, 0.15) is 0 Å². The van der Waals surface area contributed by atoms with Crippen LogP contribution in [0, 0.1) is 16.0 Å². The summed E-state index contributed by atoms with van der Waals surface area (Å²) in [4.78, 5) is 19.9. The molecule has 7 heteroatoms. The van der Waals surface area contributed by atoms with E-state index >= 15 is 0 Å². The number of imidazole rings is 1. The second-order valence-electron chi connectivity index (χ2n) is 4.80. The molecule has 1 aliphatic rings. The largest absolute Gasteiger partial charge is 0.396 e. The van der Waals surface area contributed by atoms with Gasteiger partial charge in [-0.3, -0.25) is 10.1 Å². The molecule has 2 aromatic rings. The molecule has 0 amide bonds. The number of non-ortho nitro benzene ring substituents is 1. The van der Waals surface area contributed by atoms with Gasteiger partial charge in [0.25, 0.3) is 5.69 Å². The minimum Gasteiger partial charge on any atom is -0.396 e. The Morgan fingerprint density at radius 3 is 3.11 bits per heavy atom. The number of nitro groups is 1. The van der Waals surface area contributed by atoms with E-state index in [2.05, 4.69) is 14.9 Å². The lowest BCUT2D eigenvalue weighted by molar-refractivity contribution is -0.384. The van der Waals surface area contributed by atoms with Crippen LogP contribution in [0.15, 0.2) is 18.2 Å². The van der Waals surface area contributed by atoms with Crippen molar-refractivity contribution >= 4 is 22.7 Å². The number of aromatic amines is 1. The molecule has 19 heavy (non-hydrogen) atoms. The second kappa shape index (κ2) is 4.51. The molecule has 1 atom stereocenters. The van der Waals surface area contributed by atoms with Crippen LogP contribution in [-0.2, 0) is 0 Å². The van der Waals surface area contributed by atoms with Crippen LogP contribution in [0.1, 0.15) is 6.42 Å². The van der Waals surface area contributed by atoms with E-state index in [1.807, 2.05) is 0 Å². The average molecular weight is 262 g/mol. The molecule has 1 aromatic carbocycles. The Labute approximate surface area is 109 Å². The van der Waals surface area contributed by atoms with Gasteiger partial charge in [0.15, 0.2) is 0 Å². The quantitative estimate of drug-likeness (QED) is 0.642. The summed E-state index contributed by atoms with van der Waals surface area (Å²) in [6, 6.07) is 4.59. The number of nitro benzene ring substituents is 1. The van der Waals surface area contributed by atoms with Gasteiger partial charge in [-0.25, -0.2) is 4.98 Å². The number of nitrogens with zero attached hydrogens (tertiary/aromatic N) is 3. The van der Waals surface area contributed by atoms with Crippen molar-refractivity contribution in [1.29, 1.82) is 0 Å².